The average Bonchev–Trinajstić information content (AvgIpc) is 3.27. The topological polar surface area (TPSA) is 62.6 Å². The predicted octanol–water partition coefficient (Wildman–Crippen LogP) is 3.38. The van der Waals surface area contributed by atoms with Crippen LogP contribution in [0.1, 0.15) is 43.0 Å². The van der Waals surface area contributed by atoms with Crippen LogP contribution in [0.25, 0.3) is 5.69 Å². The number of aromatic nitrogens is 2. The Morgan fingerprint density at radius 2 is 2.08 bits per heavy atom. The molecule has 0 spiro atoms. The Morgan fingerprint density at radius 3 is 2.79 bits per heavy atom. The van der Waals surface area contributed by atoms with Gasteiger partial charge in [-0.1, -0.05) is 0 Å². The van der Waals surface area contributed by atoms with Gasteiger partial charge in [0.05, 0.1) is 37.3 Å². The number of nitrogens with zero attached hydrogens (tertiary/aromatic N) is 2. The first-order valence-electron chi connectivity index (χ1n) is 8.28. The lowest BCUT2D eigenvalue weighted by atomic mass is 10.2. The fourth-order valence-electron chi connectivity index (χ4n) is 2.87. The van der Waals surface area contributed by atoms with E-state index in [9.17, 15) is 4.79 Å². The van der Waals surface area contributed by atoms with E-state index in [4.69, 9.17) is 14.2 Å². The molecule has 0 bridgehead atoms. The summed E-state index contributed by atoms with van der Waals surface area (Å²) in [5.74, 6) is 1.03. The second-order valence-corrected chi connectivity index (χ2v) is 5.75. The van der Waals surface area contributed by atoms with E-state index >= 15 is 0 Å². The molecule has 1 aromatic carbocycles. The third kappa shape index (κ3) is 3.53. The van der Waals surface area contributed by atoms with Crippen LogP contribution in [0.3, 0.4) is 0 Å². The summed E-state index contributed by atoms with van der Waals surface area (Å²) in [4.78, 5) is 11.8. The molecule has 0 saturated heterocycles. The standard InChI is InChI=1S/C18H22N2O4/c1-3-23-18(21)13-11-19-20(12-13)14-8-9-16(22-2)17(10-14)24-15-6-4-5-7-15/h8-12,15H,3-7H2,1-2H3. The summed E-state index contributed by atoms with van der Waals surface area (Å²) in [7, 11) is 1.63. The lowest BCUT2D eigenvalue weighted by molar-refractivity contribution is 0.0526. The van der Waals surface area contributed by atoms with Crippen LogP contribution in [-0.4, -0.2) is 35.6 Å². The van der Waals surface area contributed by atoms with Gasteiger partial charge < -0.3 is 14.2 Å². The van der Waals surface area contributed by atoms with Crippen LogP contribution < -0.4 is 9.47 Å². The Morgan fingerprint density at radius 1 is 1.29 bits per heavy atom. The van der Waals surface area contributed by atoms with Crippen molar-refractivity contribution in [1.29, 1.82) is 0 Å². The van der Waals surface area contributed by atoms with Gasteiger partial charge in [-0.3, -0.25) is 0 Å². The van der Waals surface area contributed by atoms with Crippen LogP contribution in [-0.2, 0) is 4.74 Å². The van der Waals surface area contributed by atoms with Crippen molar-refractivity contribution in [3.63, 3.8) is 0 Å². The number of esters is 1. The molecule has 0 atom stereocenters. The minimum absolute atomic E-state index is 0.238. The number of rotatable bonds is 6. The molecule has 24 heavy (non-hydrogen) atoms. The van der Waals surface area contributed by atoms with E-state index in [0.717, 1.165) is 18.5 Å². The van der Waals surface area contributed by atoms with E-state index < -0.39 is 0 Å². The van der Waals surface area contributed by atoms with Gasteiger partial charge in [-0.25, -0.2) is 9.48 Å². The number of carbonyl (C=O) groups excluding carboxylic acids is 1. The van der Waals surface area contributed by atoms with Crippen LogP contribution in [0.2, 0.25) is 0 Å². The van der Waals surface area contributed by atoms with Crippen molar-refractivity contribution >= 4 is 5.97 Å². The lowest BCUT2D eigenvalue weighted by Crippen LogP contribution is -2.12. The van der Waals surface area contributed by atoms with Crippen LogP contribution in [0.4, 0.5) is 0 Å². The highest BCUT2D eigenvalue weighted by atomic mass is 16.5. The molecule has 2 aromatic rings. The Bertz CT molecular complexity index is 705. The number of hydrogen-bond donors (Lipinski definition) is 0. The third-order valence-electron chi connectivity index (χ3n) is 4.10. The zero-order chi connectivity index (χ0) is 16.9. The van der Waals surface area contributed by atoms with Gasteiger partial charge in [0.25, 0.3) is 0 Å². The van der Waals surface area contributed by atoms with E-state index in [1.54, 1.807) is 24.9 Å². The Kier molecular flexibility index (Phi) is 5.03. The molecule has 0 unspecified atom stereocenters. The highest BCUT2D eigenvalue weighted by Gasteiger charge is 2.19. The maximum Gasteiger partial charge on any atom is 0.341 e. The monoisotopic (exact) mass is 330 g/mol. The molecule has 1 aliphatic carbocycles. The summed E-state index contributed by atoms with van der Waals surface area (Å²) in [5, 5.41) is 4.24. The zero-order valence-corrected chi connectivity index (χ0v) is 14.0. The van der Waals surface area contributed by atoms with Gasteiger partial charge in [0.1, 0.15) is 0 Å². The maximum absolute atomic E-state index is 11.8. The fourth-order valence-corrected chi connectivity index (χ4v) is 2.87. The Balaban J connectivity index is 1.84. The molecule has 1 heterocycles. The van der Waals surface area contributed by atoms with E-state index in [-0.39, 0.29) is 12.1 Å². The fraction of sp³-hybridized carbons (Fsp3) is 0.444. The number of methoxy groups -OCH3 is 1. The molecule has 1 fully saturated rings. The summed E-state index contributed by atoms with van der Waals surface area (Å²) < 4.78 is 18.1. The number of benzene rings is 1. The molecule has 0 aliphatic heterocycles. The second-order valence-electron chi connectivity index (χ2n) is 5.75. The maximum atomic E-state index is 11.8. The van der Waals surface area contributed by atoms with Crippen molar-refractivity contribution in [3.8, 4) is 17.2 Å². The molecule has 6 nitrogen and oxygen atoms in total. The third-order valence-corrected chi connectivity index (χ3v) is 4.10. The predicted molar refractivity (Wildman–Crippen MR) is 89.0 cm³/mol. The van der Waals surface area contributed by atoms with Gasteiger partial charge in [0, 0.05) is 12.3 Å². The minimum Gasteiger partial charge on any atom is -0.493 e. The van der Waals surface area contributed by atoms with Crippen LogP contribution in [0.5, 0.6) is 11.5 Å². The minimum atomic E-state index is -0.375. The summed E-state index contributed by atoms with van der Waals surface area (Å²) in [6.45, 7) is 2.12. The van der Waals surface area contributed by atoms with Gasteiger partial charge in [-0.05, 0) is 44.7 Å². The highest BCUT2D eigenvalue weighted by Crippen LogP contribution is 2.33. The Hall–Kier alpha value is -2.50. The van der Waals surface area contributed by atoms with Crippen molar-refractivity contribution in [2.45, 2.75) is 38.7 Å². The summed E-state index contributed by atoms with van der Waals surface area (Å²) in [6, 6.07) is 5.62. The van der Waals surface area contributed by atoms with Crippen LogP contribution >= 0.6 is 0 Å². The first kappa shape index (κ1) is 16.4. The lowest BCUT2D eigenvalue weighted by Gasteiger charge is -2.16. The van der Waals surface area contributed by atoms with Crippen molar-refractivity contribution < 1.29 is 19.0 Å². The molecule has 0 N–H and O–H groups in total. The van der Waals surface area contributed by atoms with Gasteiger partial charge in [-0.2, -0.15) is 5.10 Å². The quantitative estimate of drug-likeness (QED) is 0.760. The normalized spacial score (nSPS) is 14.6. The zero-order valence-electron chi connectivity index (χ0n) is 14.0. The molecule has 1 saturated carbocycles. The second kappa shape index (κ2) is 7.38. The van der Waals surface area contributed by atoms with Gasteiger partial charge in [0.2, 0.25) is 0 Å². The van der Waals surface area contributed by atoms with Gasteiger partial charge in [0.15, 0.2) is 11.5 Å². The van der Waals surface area contributed by atoms with E-state index in [0.29, 0.717) is 23.7 Å². The van der Waals surface area contributed by atoms with Crippen molar-refractivity contribution in [2.75, 3.05) is 13.7 Å². The van der Waals surface area contributed by atoms with Crippen LogP contribution in [0.15, 0.2) is 30.6 Å². The summed E-state index contributed by atoms with van der Waals surface area (Å²) >= 11 is 0. The molecule has 0 radical (unpaired) electrons. The molecule has 0 amide bonds. The number of hydrogen-bond acceptors (Lipinski definition) is 5. The first-order valence-corrected chi connectivity index (χ1v) is 8.28. The molecule has 1 aromatic heterocycles. The SMILES string of the molecule is CCOC(=O)c1cnn(-c2ccc(OC)c(OC3CCCC3)c2)c1. The number of carbonyl (C=O) groups is 1. The molecule has 1 aliphatic rings. The molecule has 6 heteroatoms. The summed E-state index contributed by atoms with van der Waals surface area (Å²) in [6.07, 6.45) is 7.94. The van der Waals surface area contributed by atoms with E-state index in [1.165, 1.54) is 19.0 Å². The van der Waals surface area contributed by atoms with Crippen molar-refractivity contribution in [2.24, 2.45) is 0 Å². The molecule has 3 rings (SSSR count). The van der Waals surface area contributed by atoms with E-state index in [1.807, 2.05) is 18.2 Å². The largest absolute Gasteiger partial charge is 0.493 e. The molecule has 128 valence electrons. The number of ether oxygens (including phenoxy) is 3. The van der Waals surface area contributed by atoms with Crippen molar-refractivity contribution in [1.82, 2.24) is 9.78 Å². The summed E-state index contributed by atoms with van der Waals surface area (Å²) in [5.41, 5.74) is 1.23. The van der Waals surface area contributed by atoms with E-state index in [2.05, 4.69) is 5.10 Å². The van der Waals surface area contributed by atoms with Crippen molar-refractivity contribution in [3.05, 3.63) is 36.2 Å². The molecular weight excluding hydrogens is 308 g/mol. The van der Waals surface area contributed by atoms with Gasteiger partial charge >= 0.3 is 5.97 Å². The Labute approximate surface area is 141 Å². The molecular formula is C18H22N2O4. The average molecular weight is 330 g/mol. The highest BCUT2D eigenvalue weighted by molar-refractivity contribution is 5.88. The van der Waals surface area contributed by atoms with Crippen LogP contribution in [0, 0.1) is 0 Å². The first-order chi connectivity index (χ1) is 11.7. The van der Waals surface area contributed by atoms with Gasteiger partial charge in [-0.15, -0.1) is 0 Å². The smallest absolute Gasteiger partial charge is 0.341 e.